The molecule has 174 valence electrons. The van der Waals surface area contributed by atoms with Gasteiger partial charge in [0, 0.05) is 10.7 Å². The maximum absolute atomic E-state index is 12.9. The zero-order chi connectivity index (χ0) is 24.3. The number of nitrogens with one attached hydrogen (secondary N) is 2. The third-order valence-corrected chi connectivity index (χ3v) is 6.81. The molecule has 1 unspecified atom stereocenters. The second kappa shape index (κ2) is 10.0. The number of halogens is 2. The number of aryl methyl sites for hydroxylation is 3. The van der Waals surface area contributed by atoms with Crippen LogP contribution < -0.4 is 14.8 Å². The van der Waals surface area contributed by atoms with Crippen molar-refractivity contribution >= 4 is 50.5 Å². The first kappa shape index (κ1) is 24.9. The first-order chi connectivity index (χ1) is 15.5. The van der Waals surface area contributed by atoms with Crippen LogP contribution in [0.15, 0.2) is 59.5 Å². The summed E-state index contributed by atoms with van der Waals surface area (Å²) >= 11 is 11.9. The maximum Gasteiger partial charge on any atom is 0.265 e. The molecule has 3 rings (SSSR count). The van der Waals surface area contributed by atoms with Gasteiger partial charge in [-0.1, -0.05) is 40.9 Å². The lowest BCUT2D eigenvalue weighted by molar-refractivity contribution is -0.122. The minimum Gasteiger partial charge on any atom is -0.479 e. The molecule has 0 fully saturated rings. The van der Waals surface area contributed by atoms with Gasteiger partial charge in [-0.2, -0.15) is 0 Å². The van der Waals surface area contributed by atoms with E-state index in [0.29, 0.717) is 27.2 Å². The zero-order valence-corrected chi connectivity index (χ0v) is 20.9. The lowest BCUT2D eigenvalue weighted by Crippen LogP contribution is -2.30. The predicted molar refractivity (Wildman–Crippen MR) is 133 cm³/mol. The van der Waals surface area contributed by atoms with Crippen LogP contribution in [0.1, 0.15) is 23.6 Å². The Hall–Kier alpha value is -2.74. The first-order valence-electron chi connectivity index (χ1n) is 10.1. The molecule has 9 heteroatoms. The van der Waals surface area contributed by atoms with Crippen LogP contribution in [-0.4, -0.2) is 20.4 Å². The fourth-order valence-electron chi connectivity index (χ4n) is 3.31. The lowest BCUT2D eigenvalue weighted by atomic mass is 10.1. The second-order valence-corrected chi connectivity index (χ2v) is 10.3. The van der Waals surface area contributed by atoms with Gasteiger partial charge in [0.1, 0.15) is 5.75 Å². The summed E-state index contributed by atoms with van der Waals surface area (Å²) in [5.41, 5.74) is 3.73. The molecule has 1 amide bonds. The van der Waals surface area contributed by atoms with Gasteiger partial charge < -0.3 is 10.1 Å². The van der Waals surface area contributed by atoms with E-state index in [0.717, 1.165) is 16.7 Å². The van der Waals surface area contributed by atoms with Crippen molar-refractivity contribution in [3.63, 3.8) is 0 Å². The number of sulfonamides is 1. The predicted octanol–water partition coefficient (Wildman–Crippen LogP) is 6.13. The summed E-state index contributed by atoms with van der Waals surface area (Å²) in [4.78, 5) is 12.6. The molecule has 0 heterocycles. The van der Waals surface area contributed by atoms with Crippen molar-refractivity contribution in [1.82, 2.24) is 0 Å². The number of benzene rings is 3. The topological polar surface area (TPSA) is 84.5 Å². The van der Waals surface area contributed by atoms with Gasteiger partial charge in [0.2, 0.25) is 0 Å². The molecule has 0 aromatic heterocycles. The molecule has 0 saturated heterocycles. The normalized spacial score (nSPS) is 12.2. The highest BCUT2D eigenvalue weighted by Crippen LogP contribution is 2.29. The van der Waals surface area contributed by atoms with Gasteiger partial charge in [0.25, 0.3) is 15.9 Å². The van der Waals surface area contributed by atoms with Gasteiger partial charge >= 0.3 is 0 Å². The summed E-state index contributed by atoms with van der Waals surface area (Å²) in [5, 5.41) is 3.45. The molecular formula is C24H24Cl2N2O4S. The van der Waals surface area contributed by atoms with Crippen molar-refractivity contribution in [2.45, 2.75) is 38.7 Å². The lowest BCUT2D eigenvalue weighted by Gasteiger charge is -2.16. The highest BCUT2D eigenvalue weighted by atomic mass is 35.5. The standard InChI is InChI=1S/C24H24Cl2N2O4S/c1-14-11-15(2)23(16(3)12-14)28-33(30,31)20-8-6-19(7-9-20)27-24(29)17(4)32-22-10-5-18(25)13-21(22)26/h5-13,17,28H,1-4H3,(H,27,29). The van der Waals surface area contributed by atoms with Gasteiger partial charge in [0.05, 0.1) is 15.6 Å². The van der Waals surface area contributed by atoms with Crippen molar-refractivity contribution in [1.29, 1.82) is 0 Å². The van der Waals surface area contributed by atoms with E-state index < -0.39 is 22.0 Å². The van der Waals surface area contributed by atoms with Crippen molar-refractivity contribution in [2.75, 3.05) is 10.0 Å². The van der Waals surface area contributed by atoms with E-state index in [2.05, 4.69) is 10.0 Å². The van der Waals surface area contributed by atoms with E-state index in [-0.39, 0.29) is 4.90 Å². The number of rotatable bonds is 7. The van der Waals surface area contributed by atoms with E-state index >= 15 is 0 Å². The molecule has 3 aromatic rings. The molecule has 0 aliphatic carbocycles. The van der Waals surface area contributed by atoms with Crippen molar-refractivity contribution < 1.29 is 17.9 Å². The number of carbonyl (C=O) groups is 1. The van der Waals surface area contributed by atoms with E-state index in [9.17, 15) is 13.2 Å². The minimum absolute atomic E-state index is 0.0807. The maximum atomic E-state index is 12.9. The van der Waals surface area contributed by atoms with Gasteiger partial charge in [-0.15, -0.1) is 0 Å². The fraction of sp³-hybridized carbons (Fsp3) is 0.208. The Morgan fingerprint density at radius 3 is 2.12 bits per heavy atom. The summed E-state index contributed by atoms with van der Waals surface area (Å²) in [5.74, 6) is -0.0846. The number of carbonyl (C=O) groups excluding carboxylic acids is 1. The largest absolute Gasteiger partial charge is 0.479 e. The van der Waals surface area contributed by atoms with E-state index in [4.69, 9.17) is 27.9 Å². The van der Waals surface area contributed by atoms with Crippen molar-refractivity contribution in [3.8, 4) is 5.75 Å². The van der Waals surface area contributed by atoms with Crippen LogP contribution in [0.2, 0.25) is 10.0 Å². The Bertz CT molecular complexity index is 1270. The third-order valence-electron chi connectivity index (χ3n) is 4.91. The fourth-order valence-corrected chi connectivity index (χ4v) is 4.97. The number of amides is 1. The monoisotopic (exact) mass is 506 g/mol. The first-order valence-corrected chi connectivity index (χ1v) is 12.3. The smallest absolute Gasteiger partial charge is 0.265 e. The van der Waals surface area contributed by atoms with Gasteiger partial charge in [-0.3, -0.25) is 9.52 Å². The molecule has 33 heavy (non-hydrogen) atoms. The highest BCUT2D eigenvalue weighted by Gasteiger charge is 2.19. The van der Waals surface area contributed by atoms with Crippen LogP contribution in [0.25, 0.3) is 0 Å². The Balaban J connectivity index is 1.68. The van der Waals surface area contributed by atoms with Crippen LogP contribution in [0.5, 0.6) is 5.75 Å². The van der Waals surface area contributed by atoms with Crippen LogP contribution in [-0.2, 0) is 14.8 Å². The van der Waals surface area contributed by atoms with Crippen LogP contribution in [0.3, 0.4) is 0 Å². The van der Waals surface area contributed by atoms with Crippen LogP contribution >= 0.6 is 23.2 Å². The number of hydrogen-bond donors (Lipinski definition) is 2. The third kappa shape index (κ3) is 6.19. The Morgan fingerprint density at radius 1 is 0.939 bits per heavy atom. The zero-order valence-electron chi connectivity index (χ0n) is 18.6. The average molecular weight is 507 g/mol. The minimum atomic E-state index is -3.79. The number of hydrogen-bond acceptors (Lipinski definition) is 4. The quantitative estimate of drug-likeness (QED) is 0.403. The van der Waals surface area contributed by atoms with Gasteiger partial charge in [0.15, 0.2) is 6.10 Å². The van der Waals surface area contributed by atoms with E-state index in [1.54, 1.807) is 19.1 Å². The number of ether oxygens (including phenoxy) is 1. The summed E-state index contributed by atoms with van der Waals surface area (Å²) in [7, 11) is -3.79. The summed E-state index contributed by atoms with van der Waals surface area (Å²) in [6, 6.07) is 14.5. The molecule has 3 aromatic carbocycles. The van der Waals surface area contributed by atoms with Crippen molar-refractivity contribution in [3.05, 3.63) is 81.3 Å². The number of anilines is 2. The summed E-state index contributed by atoms with van der Waals surface area (Å²) in [6.45, 7) is 7.25. The SMILES string of the molecule is Cc1cc(C)c(NS(=O)(=O)c2ccc(NC(=O)C(C)Oc3ccc(Cl)cc3Cl)cc2)c(C)c1. The molecule has 6 nitrogen and oxygen atoms in total. The molecular weight excluding hydrogens is 483 g/mol. The summed E-state index contributed by atoms with van der Waals surface area (Å²) < 4.78 is 34.0. The molecule has 1 atom stereocenters. The Labute approximate surface area is 203 Å². The molecule has 0 spiro atoms. The van der Waals surface area contributed by atoms with Gasteiger partial charge in [-0.25, -0.2) is 8.42 Å². The Kier molecular flexibility index (Phi) is 7.57. The van der Waals surface area contributed by atoms with Gasteiger partial charge in [-0.05, 0) is 81.3 Å². The highest BCUT2D eigenvalue weighted by molar-refractivity contribution is 7.92. The summed E-state index contributed by atoms with van der Waals surface area (Å²) in [6.07, 6.45) is -0.846. The van der Waals surface area contributed by atoms with Crippen molar-refractivity contribution in [2.24, 2.45) is 0 Å². The van der Waals surface area contributed by atoms with E-state index in [1.165, 1.54) is 30.3 Å². The molecule has 0 saturated carbocycles. The molecule has 0 aliphatic heterocycles. The molecule has 0 bridgehead atoms. The molecule has 0 radical (unpaired) electrons. The van der Waals surface area contributed by atoms with E-state index in [1.807, 2.05) is 32.9 Å². The van der Waals surface area contributed by atoms with Crippen LogP contribution in [0, 0.1) is 20.8 Å². The second-order valence-electron chi connectivity index (χ2n) is 7.73. The molecule has 2 N–H and O–H groups in total. The Morgan fingerprint density at radius 2 is 1.55 bits per heavy atom. The average Bonchev–Trinajstić information content (AvgIpc) is 2.73. The van der Waals surface area contributed by atoms with Crippen LogP contribution in [0.4, 0.5) is 11.4 Å². The molecule has 0 aliphatic rings.